The lowest BCUT2D eigenvalue weighted by Crippen LogP contribution is -3.12. The van der Waals surface area contributed by atoms with Crippen molar-refractivity contribution in [3.05, 3.63) is 111 Å². The van der Waals surface area contributed by atoms with E-state index < -0.39 is 171 Å². The molecule has 0 saturated heterocycles. The van der Waals surface area contributed by atoms with Crippen LogP contribution in [-0.4, -0.2) is 40.7 Å². The fraction of sp³-hybridized carbons (Fsp3) is 0.429. The minimum absolute atomic E-state index is 0.467. The van der Waals surface area contributed by atoms with E-state index in [2.05, 4.69) is 20.8 Å². The number of hydrogen-bond donors (Lipinski definition) is 1. The van der Waals surface area contributed by atoms with Gasteiger partial charge in [0.1, 0.15) is 52.7 Å². The highest BCUT2D eigenvalue weighted by Gasteiger charge is 2.53. The molecule has 0 aliphatic carbocycles. The number of nitrogens with one attached hydrogen (secondary N) is 1. The van der Waals surface area contributed by atoms with Crippen molar-refractivity contribution >= 4 is 41.5 Å². The van der Waals surface area contributed by atoms with E-state index in [-0.39, 0.29) is 0 Å². The first-order valence-corrected chi connectivity index (χ1v) is 22.8. The van der Waals surface area contributed by atoms with Gasteiger partial charge in [-0.1, -0.05) is 53.9 Å². The third kappa shape index (κ3) is 9.64. The molecule has 0 spiro atoms. The number of halogens is 19. The van der Waals surface area contributed by atoms with Crippen molar-refractivity contribution in [3.8, 4) is 0 Å². The monoisotopic (exact) mass is 977 g/mol. The fourth-order valence-electron chi connectivity index (χ4n) is 8.11. The summed E-state index contributed by atoms with van der Waals surface area (Å²) in [4.78, 5) is 1.84. The van der Waals surface area contributed by atoms with Gasteiger partial charge in [0.15, 0.2) is 64.0 Å². The van der Waals surface area contributed by atoms with Crippen LogP contribution in [0.2, 0.25) is 12.1 Å². The molecule has 0 atom stereocenters. The largest absolute Gasteiger partial charge is 0.412 e. The van der Waals surface area contributed by atoms with E-state index in [0.717, 1.165) is 13.8 Å². The molecular formula is C42H43BF19NOSi. The van der Waals surface area contributed by atoms with Crippen molar-refractivity contribution in [1.82, 2.24) is 0 Å². The van der Waals surface area contributed by atoms with Gasteiger partial charge in [0.25, 0.3) is 0 Å². The summed E-state index contributed by atoms with van der Waals surface area (Å²) >= 11 is 0. The molecule has 4 aromatic carbocycles. The summed E-state index contributed by atoms with van der Waals surface area (Å²) in [7, 11) is -4.41. The Morgan fingerprint density at radius 3 is 0.754 bits per heavy atom. The Hall–Kier alpha value is -4.25. The van der Waals surface area contributed by atoms with Crippen LogP contribution in [0.15, 0.2) is 0 Å². The molecule has 0 fully saturated rings. The minimum atomic E-state index is -7.14. The van der Waals surface area contributed by atoms with E-state index in [4.69, 9.17) is 4.43 Å². The molecule has 2 nitrogen and oxygen atoms in total. The molecule has 0 heterocycles. The van der Waals surface area contributed by atoms with E-state index in [1.165, 1.54) is 65.1 Å². The van der Waals surface area contributed by atoms with E-state index in [9.17, 15) is 39.5 Å². The zero-order chi connectivity index (χ0) is 49.6. The Balaban J connectivity index is 0.000000747. The fourth-order valence-corrected chi connectivity index (χ4v) is 11.4. The summed E-state index contributed by atoms with van der Waals surface area (Å²) in [6, 6.07) is -1.01. The van der Waals surface area contributed by atoms with E-state index in [1.54, 1.807) is 0 Å². The summed E-state index contributed by atoms with van der Waals surface area (Å²) in [6.07, 6.45) is 1.13. The molecule has 0 bridgehead atoms. The Kier molecular flexibility index (Phi) is 19.1. The second-order valence-electron chi connectivity index (χ2n) is 15.1. The molecular weight excluding hydrogens is 934 g/mol. The SMILES string of the molecule is CCCC[NH+](CCCC)CCCC.CCO[Si](CC)(CC)c1c(F)c(F)c([B-](c2c(F)c(F)c(F)c(F)c2F)(c2c(F)c(F)c(F)c(F)c2F)c2c(F)c(F)c(F)c(F)c2F)c(F)c1F. The summed E-state index contributed by atoms with van der Waals surface area (Å²) in [5.74, 6) is -64.8. The Labute approximate surface area is 362 Å². The van der Waals surface area contributed by atoms with Crippen molar-refractivity contribution in [2.75, 3.05) is 26.2 Å². The van der Waals surface area contributed by atoms with Gasteiger partial charge in [-0.2, -0.15) is 0 Å². The highest BCUT2D eigenvalue weighted by Crippen LogP contribution is 2.31. The van der Waals surface area contributed by atoms with Gasteiger partial charge in [-0.05, 0) is 38.3 Å². The first-order chi connectivity index (χ1) is 30.4. The topological polar surface area (TPSA) is 13.7 Å². The third-order valence-corrected chi connectivity index (χ3v) is 15.9. The maximum absolute atomic E-state index is 16.6. The van der Waals surface area contributed by atoms with Gasteiger partial charge >= 0.3 is 0 Å². The average molecular weight is 978 g/mol. The van der Waals surface area contributed by atoms with Gasteiger partial charge in [0.05, 0.1) is 19.6 Å². The third-order valence-electron chi connectivity index (χ3n) is 11.4. The molecule has 0 radical (unpaired) electrons. The lowest BCUT2D eigenvalue weighted by Gasteiger charge is -2.45. The van der Waals surface area contributed by atoms with Crippen LogP contribution >= 0.6 is 0 Å². The molecule has 0 amide bonds. The van der Waals surface area contributed by atoms with Gasteiger partial charge in [0.2, 0.25) is 8.32 Å². The van der Waals surface area contributed by atoms with Crippen molar-refractivity contribution < 1.29 is 92.7 Å². The molecule has 0 aliphatic rings. The Morgan fingerprint density at radius 1 is 0.338 bits per heavy atom. The van der Waals surface area contributed by atoms with Crippen molar-refractivity contribution in [2.45, 2.75) is 92.2 Å². The van der Waals surface area contributed by atoms with Crippen molar-refractivity contribution in [3.63, 3.8) is 0 Å². The summed E-state index contributed by atoms with van der Waals surface area (Å²) < 4.78 is 298. The van der Waals surface area contributed by atoms with Gasteiger partial charge in [-0.3, -0.25) is 0 Å². The van der Waals surface area contributed by atoms with Crippen molar-refractivity contribution in [1.29, 1.82) is 0 Å². The number of hydrogen-bond acceptors (Lipinski definition) is 1. The predicted octanol–water partition coefficient (Wildman–Crippen LogP) is 9.21. The quantitative estimate of drug-likeness (QED) is 0.0455. The van der Waals surface area contributed by atoms with Gasteiger partial charge in [0, 0.05) is 11.8 Å². The number of benzene rings is 4. The van der Waals surface area contributed by atoms with E-state index >= 15 is 43.9 Å². The van der Waals surface area contributed by atoms with Crippen LogP contribution in [0.5, 0.6) is 0 Å². The Bertz CT molecular complexity index is 2080. The van der Waals surface area contributed by atoms with Crippen LogP contribution in [0, 0.1) is 111 Å². The van der Waals surface area contributed by atoms with Crippen LogP contribution in [0.1, 0.15) is 80.1 Å². The van der Waals surface area contributed by atoms with E-state index in [1.807, 2.05) is 4.90 Å². The average Bonchev–Trinajstić information content (AvgIpc) is 3.29. The maximum Gasteiger partial charge on any atom is 0.230 e. The van der Waals surface area contributed by atoms with Crippen LogP contribution in [0.25, 0.3) is 0 Å². The first-order valence-electron chi connectivity index (χ1n) is 20.5. The van der Waals surface area contributed by atoms with Crippen LogP contribution in [-0.2, 0) is 4.43 Å². The highest BCUT2D eigenvalue weighted by molar-refractivity contribution is 7.20. The summed E-state index contributed by atoms with van der Waals surface area (Å²) in [5, 5.41) is -1.73. The maximum atomic E-state index is 16.6. The van der Waals surface area contributed by atoms with Crippen LogP contribution < -0.4 is 31.9 Å². The van der Waals surface area contributed by atoms with Crippen molar-refractivity contribution in [2.24, 2.45) is 0 Å². The molecule has 0 unspecified atom stereocenters. The van der Waals surface area contributed by atoms with E-state index in [0.29, 0.717) is 0 Å². The second-order valence-corrected chi connectivity index (χ2v) is 19.2. The minimum Gasteiger partial charge on any atom is -0.412 e. The molecule has 65 heavy (non-hydrogen) atoms. The zero-order valence-corrected chi connectivity index (χ0v) is 36.7. The normalized spacial score (nSPS) is 12.1. The molecule has 23 heteroatoms. The lowest BCUT2D eigenvalue weighted by molar-refractivity contribution is -0.900. The molecule has 362 valence electrons. The van der Waals surface area contributed by atoms with Gasteiger partial charge in [-0.25, -0.2) is 83.4 Å². The lowest BCUT2D eigenvalue weighted by atomic mass is 9.12. The predicted molar refractivity (Wildman–Crippen MR) is 208 cm³/mol. The number of unbranched alkanes of at least 4 members (excludes halogenated alkanes) is 3. The molecule has 1 N–H and O–H groups in total. The smallest absolute Gasteiger partial charge is 0.230 e. The molecule has 0 saturated carbocycles. The summed E-state index contributed by atoms with van der Waals surface area (Å²) in [5.41, 5.74) is -13.7. The van der Waals surface area contributed by atoms with Gasteiger partial charge in [-0.15, -0.1) is 21.9 Å². The summed E-state index contributed by atoms with van der Waals surface area (Å²) in [6.45, 7) is 14.1. The number of rotatable bonds is 18. The van der Waals surface area contributed by atoms with Crippen LogP contribution in [0.3, 0.4) is 0 Å². The zero-order valence-electron chi connectivity index (χ0n) is 35.7. The molecule has 0 aliphatic heterocycles. The first kappa shape index (κ1) is 55.1. The van der Waals surface area contributed by atoms with Crippen LogP contribution in [0.4, 0.5) is 83.4 Å². The number of quaternary nitrogens is 1. The molecule has 4 aromatic rings. The second kappa shape index (κ2) is 22.5. The van der Waals surface area contributed by atoms with Gasteiger partial charge < -0.3 is 9.33 Å². The molecule has 4 rings (SSSR count). The highest BCUT2D eigenvalue weighted by atomic mass is 28.4. The molecule has 0 aromatic heterocycles. The standard InChI is InChI=1S/C30H15BF19OSi.C12H27N/c1-4-51-52(5-2,6-3)30-28(49)17(38)10(18(39)29(30)50)31(7-11(32)19(40)25(46)20(41)12(7)33,8-13(34)21(42)26(47)22(43)14(8)35)9-15(36)23(44)27(48)24(45)16(9)37;1-4-7-10-13(11-8-5-2)12-9-6-3/h4-6H2,1-3H3;4-12H2,1-3H3/q-1;/p+1. The Morgan fingerprint density at radius 2 is 0.554 bits per heavy atom.